The standard InChI is InChI=1S/C21H18N8O2/c22-19(30)14-5-6-29(14)17-9-12(25-21(23)26-17)10-7-13-18-16(8-10)31-15-4-2-1-3-11(15)24-20(18)28-27-13/h1-4,7-9,14H,5-6H2,(H2,22,30)(H2,23,25,26)(H2,24,27,28). The van der Waals surface area contributed by atoms with Crippen molar-refractivity contribution in [3.8, 4) is 22.8 Å². The van der Waals surface area contributed by atoms with E-state index in [-0.39, 0.29) is 17.9 Å². The number of amides is 1. The molecule has 1 saturated heterocycles. The van der Waals surface area contributed by atoms with Crippen LogP contribution in [-0.4, -0.2) is 38.7 Å². The lowest BCUT2D eigenvalue weighted by Gasteiger charge is -2.39. The lowest BCUT2D eigenvalue weighted by atomic mass is 10.0. The van der Waals surface area contributed by atoms with Gasteiger partial charge < -0.3 is 26.4 Å². The van der Waals surface area contributed by atoms with Gasteiger partial charge in [0.25, 0.3) is 0 Å². The monoisotopic (exact) mass is 414 g/mol. The van der Waals surface area contributed by atoms with E-state index in [1.54, 1.807) is 6.07 Å². The topological polar surface area (TPSA) is 148 Å². The summed E-state index contributed by atoms with van der Waals surface area (Å²) in [7, 11) is 0. The van der Waals surface area contributed by atoms with Crippen LogP contribution in [0.3, 0.4) is 0 Å². The van der Waals surface area contributed by atoms with Crippen LogP contribution >= 0.6 is 0 Å². The van der Waals surface area contributed by atoms with Crippen molar-refractivity contribution in [2.45, 2.75) is 12.5 Å². The number of nitrogens with two attached hydrogens (primary N) is 2. The van der Waals surface area contributed by atoms with Gasteiger partial charge in [0, 0.05) is 18.2 Å². The van der Waals surface area contributed by atoms with Crippen molar-refractivity contribution < 1.29 is 9.53 Å². The largest absolute Gasteiger partial charge is 0.454 e. The number of rotatable bonds is 3. The minimum absolute atomic E-state index is 0.117. The molecule has 2 aliphatic heterocycles. The number of H-pyrrole nitrogens is 1. The average Bonchev–Trinajstić information content (AvgIpc) is 3.02. The molecule has 4 aromatic rings. The number of nitrogens with zero attached hydrogens (tertiary/aromatic N) is 4. The Morgan fingerprint density at radius 3 is 2.84 bits per heavy atom. The first-order valence-corrected chi connectivity index (χ1v) is 9.84. The second-order valence-electron chi connectivity index (χ2n) is 7.56. The van der Waals surface area contributed by atoms with E-state index in [0.29, 0.717) is 41.8 Å². The number of ether oxygens (including phenoxy) is 1. The maximum absolute atomic E-state index is 11.6. The number of carbonyl (C=O) groups excluding carboxylic acids is 1. The van der Waals surface area contributed by atoms with Crippen LogP contribution in [0.25, 0.3) is 22.2 Å². The van der Waals surface area contributed by atoms with Gasteiger partial charge in [-0.15, -0.1) is 0 Å². The highest BCUT2D eigenvalue weighted by molar-refractivity contribution is 6.00. The van der Waals surface area contributed by atoms with Crippen molar-refractivity contribution in [1.29, 1.82) is 0 Å². The fourth-order valence-corrected chi connectivity index (χ4v) is 4.05. The first-order valence-electron chi connectivity index (χ1n) is 9.84. The zero-order valence-corrected chi connectivity index (χ0v) is 16.3. The molecule has 4 heterocycles. The Morgan fingerprint density at radius 1 is 1.16 bits per heavy atom. The summed E-state index contributed by atoms with van der Waals surface area (Å²) in [5.41, 5.74) is 14.5. The Labute approximate surface area is 176 Å². The Morgan fingerprint density at radius 2 is 2.03 bits per heavy atom. The van der Waals surface area contributed by atoms with Gasteiger partial charge in [0.2, 0.25) is 11.9 Å². The molecule has 10 nitrogen and oxygen atoms in total. The number of hydrogen-bond donors (Lipinski definition) is 4. The summed E-state index contributed by atoms with van der Waals surface area (Å²) in [6.45, 7) is 0.684. The molecule has 154 valence electrons. The molecular formula is C21H18N8O2. The van der Waals surface area contributed by atoms with E-state index < -0.39 is 0 Å². The van der Waals surface area contributed by atoms with Crippen LogP contribution in [0.2, 0.25) is 0 Å². The number of carbonyl (C=O) groups is 1. The minimum Gasteiger partial charge on any atom is -0.454 e. The van der Waals surface area contributed by atoms with Crippen LogP contribution in [0.15, 0.2) is 42.5 Å². The van der Waals surface area contributed by atoms with Gasteiger partial charge >= 0.3 is 0 Å². The number of aromatic nitrogens is 4. The summed E-state index contributed by atoms with van der Waals surface area (Å²) in [4.78, 5) is 22.2. The van der Waals surface area contributed by atoms with Crippen molar-refractivity contribution in [3.05, 3.63) is 42.5 Å². The SMILES string of the molecule is NC(=O)C1CCN1c1cc(-c2cc3c4c(n[nH]c4c2)Nc2ccccc2O3)nc(N)n1. The molecule has 6 rings (SSSR count). The van der Waals surface area contributed by atoms with Gasteiger partial charge in [-0.25, -0.2) is 4.98 Å². The van der Waals surface area contributed by atoms with Crippen molar-refractivity contribution in [2.75, 3.05) is 22.5 Å². The third-order valence-corrected chi connectivity index (χ3v) is 5.66. The van der Waals surface area contributed by atoms with E-state index >= 15 is 0 Å². The van der Waals surface area contributed by atoms with Crippen molar-refractivity contribution in [1.82, 2.24) is 20.2 Å². The van der Waals surface area contributed by atoms with Gasteiger partial charge in [0.05, 0.1) is 22.3 Å². The second kappa shape index (κ2) is 6.33. The maximum Gasteiger partial charge on any atom is 0.240 e. The Balaban J connectivity index is 1.47. The zero-order chi connectivity index (χ0) is 21.1. The Bertz CT molecular complexity index is 1370. The number of benzene rings is 2. The normalized spacial score (nSPS) is 16.6. The minimum atomic E-state index is -0.379. The number of para-hydroxylation sites is 2. The van der Waals surface area contributed by atoms with E-state index in [1.807, 2.05) is 41.3 Å². The van der Waals surface area contributed by atoms with Gasteiger partial charge in [-0.2, -0.15) is 10.1 Å². The van der Waals surface area contributed by atoms with Crippen molar-refractivity contribution in [2.24, 2.45) is 5.73 Å². The molecule has 0 aliphatic carbocycles. The van der Waals surface area contributed by atoms with Crippen molar-refractivity contribution in [3.63, 3.8) is 0 Å². The van der Waals surface area contributed by atoms with E-state index in [9.17, 15) is 4.79 Å². The fraction of sp³-hybridized carbons (Fsp3) is 0.143. The van der Waals surface area contributed by atoms with Crippen LogP contribution in [0.4, 0.5) is 23.3 Å². The average molecular weight is 414 g/mol. The van der Waals surface area contributed by atoms with Crippen molar-refractivity contribution >= 4 is 40.1 Å². The smallest absolute Gasteiger partial charge is 0.240 e. The van der Waals surface area contributed by atoms with Gasteiger partial charge in [-0.3, -0.25) is 9.89 Å². The Kier molecular flexibility index (Phi) is 3.57. The molecule has 2 aromatic heterocycles. The number of anilines is 4. The predicted molar refractivity (Wildman–Crippen MR) is 116 cm³/mol. The Hall–Kier alpha value is -4.34. The van der Waals surface area contributed by atoms with Crippen LogP contribution in [-0.2, 0) is 4.79 Å². The predicted octanol–water partition coefficient (Wildman–Crippen LogP) is 2.52. The summed E-state index contributed by atoms with van der Waals surface area (Å²) < 4.78 is 6.22. The molecular weight excluding hydrogens is 396 g/mol. The third-order valence-electron chi connectivity index (χ3n) is 5.66. The summed E-state index contributed by atoms with van der Waals surface area (Å²) in [6.07, 6.45) is 0.696. The van der Waals surface area contributed by atoms with Crippen LogP contribution in [0, 0.1) is 0 Å². The van der Waals surface area contributed by atoms with Gasteiger partial charge in [-0.1, -0.05) is 12.1 Å². The highest BCUT2D eigenvalue weighted by Crippen LogP contribution is 2.44. The molecule has 6 N–H and O–H groups in total. The fourth-order valence-electron chi connectivity index (χ4n) is 4.05. The van der Waals surface area contributed by atoms with E-state index in [2.05, 4.69) is 25.5 Å². The highest BCUT2D eigenvalue weighted by Gasteiger charge is 2.34. The van der Waals surface area contributed by atoms with E-state index in [4.69, 9.17) is 16.2 Å². The van der Waals surface area contributed by atoms with Crippen LogP contribution < -0.4 is 26.4 Å². The summed E-state index contributed by atoms with van der Waals surface area (Å²) in [5, 5.41) is 11.6. The molecule has 0 radical (unpaired) electrons. The first kappa shape index (κ1) is 17.5. The number of nitrogen functional groups attached to an aromatic ring is 1. The summed E-state index contributed by atoms with van der Waals surface area (Å²) in [5.74, 6) is 2.34. The van der Waals surface area contributed by atoms with E-state index in [0.717, 1.165) is 22.2 Å². The summed E-state index contributed by atoms with van der Waals surface area (Å²) >= 11 is 0. The number of hydrogen-bond acceptors (Lipinski definition) is 8. The van der Waals surface area contributed by atoms with Crippen LogP contribution in [0.5, 0.6) is 11.5 Å². The van der Waals surface area contributed by atoms with Crippen LogP contribution in [0.1, 0.15) is 6.42 Å². The number of fused-ring (bicyclic) bond motifs is 1. The molecule has 10 heteroatoms. The van der Waals surface area contributed by atoms with Gasteiger partial charge in [0.1, 0.15) is 17.6 Å². The molecule has 0 saturated carbocycles. The molecule has 2 aromatic carbocycles. The third kappa shape index (κ3) is 2.72. The number of aromatic amines is 1. The molecule has 1 fully saturated rings. The molecule has 0 bridgehead atoms. The number of primary amides is 1. The van der Waals surface area contributed by atoms with Gasteiger partial charge in [0.15, 0.2) is 11.6 Å². The molecule has 2 aliphatic rings. The molecule has 1 atom stereocenters. The highest BCUT2D eigenvalue weighted by atomic mass is 16.5. The zero-order valence-electron chi connectivity index (χ0n) is 16.3. The second-order valence-corrected chi connectivity index (χ2v) is 7.56. The molecule has 0 spiro atoms. The maximum atomic E-state index is 11.6. The molecule has 31 heavy (non-hydrogen) atoms. The lowest BCUT2D eigenvalue weighted by molar-refractivity contribution is -0.120. The molecule has 1 amide bonds. The lowest BCUT2D eigenvalue weighted by Crippen LogP contribution is -2.55. The van der Waals surface area contributed by atoms with Gasteiger partial charge in [-0.05, 0) is 30.7 Å². The number of nitrogens with one attached hydrogen (secondary N) is 2. The molecule has 1 unspecified atom stereocenters. The van der Waals surface area contributed by atoms with E-state index in [1.165, 1.54) is 0 Å². The quantitative estimate of drug-likeness (QED) is 0.352. The first-order chi connectivity index (χ1) is 15.1. The summed E-state index contributed by atoms with van der Waals surface area (Å²) in [6, 6.07) is 12.9.